The number of fused-ring (bicyclic) bond motifs is 3. The maximum atomic E-state index is 12.4. The van der Waals surface area contributed by atoms with E-state index in [0.717, 1.165) is 22.3 Å². The lowest BCUT2D eigenvalue weighted by Crippen LogP contribution is -2.44. The van der Waals surface area contributed by atoms with E-state index in [1.54, 1.807) is 0 Å². The zero-order valence-electron chi connectivity index (χ0n) is 17.6. The standard InChI is InChI=1S/C23H24N4O5/c1-14(28)24-11-10-23(26-27-23)12-20(21(29)30)25-22(31)32-13-19-17-8-4-2-6-15(17)16-7-3-5-9-18(16)19/h2-9,19-20H,10-13H2,1H3,(H,24,28)(H,25,31)(H,29,30)/t20-/m0/s1. The van der Waals surface area contributed by atoms with E-state index >= 15 is 0 Å². The van der Waals surface area contributed by atoms with Gasteiger partial charge in [-0.15, -0.1) is 0 Å². The second kappa shape index (κ2) is 8.78. The number of carbonyl (C=O) groups excluding carboxylic acids is 2. The van der Waals surface area contributed by atoms with Crippen molar-refractivity contribution < 1.29 is 24.2 Å². The number of nitrogens with zero attached hydrogens (tertiary/aromatic N) is 2. The smallest absolute Gasteiger partial charge is 0.407 e. The number of rotatable bonds is 9. The number of aliphatic carboxylic acids is 1. The minimum absolute atomic E-state index is 0.00782. The third-order valence-corrected chi connectivity index (χ3v) is 5.75. The molecule has 0 fully saturated rings. The number of alkyl carbamates (subject to hydrolysis) is 1. The minimum atomic E-state index is -1.21. The number of carboxylic acids is 1. The molecule has 1 aliphatic heterocycles. The van der Waals surface area contributed by atoms with Gasteiger partial charge in [-0.3, -0.25) is 4.79 Å². The van der Waals surface area contributed by atoms with Gasteiger partial charge in [0.15, 0.2) is 5.66 Å². The fourth-order valence-electron chi connectivity index (χ4n) is 4.10. The largest absolute Gasteiger partial charge is 0.480 e. The molecule has 9 heteroatoms. The molecule has 166 valence electrons. The second-order valence-electron chi connectivity index (χ2n) is 7.98. The van der Waals surface area contributed by atoms with Crippen molar-refractivity contribution in [1.82, 2.24) is 10.6 Å². The van der Waals surface area contributed by atoms with E-state index in [9.17, 15) is 19.5 Å². The fraction of sp³-hybridized carbons (Fsp3) is 0.348. The highest BCUT2D eigenvalue weighted by Gasteiger charge is 2.44. The molecule has 1 atom stereocenters. The summed E-state index contributed by atoms with van der Waals surface area (Å²) in [6, 6.07) is 14.7. The number of carboxylic acid groups (broad SMARTS) is 1. The molecule has 2 aliphatic rings. The molecule has 0 saturated heterocycles. The molecule has 0 aromatic heterocycles. The first-order valence-corrected chi connectivity index (χ1v) is 10.4. The molecule has 1 heterocycles. The molecule has 0 saturated carbocycles. The van der Waals surface area contributed by atoms with Gasteiger partial charge in [0.1, 0.15) is 12.6 Å². The number of ether oxygens (including phenoxy) is 1. The van der Waals surface area contributed by atoms with Gasteiger partial charge in [-0.25, -0.2) is 9.59 Å². The first-order valence-electron chi connectivity index (χ1n) is 10.4. The Labute approximate surface area is 184 Å². The van der Waals surface area contributed by atoms with Crippen LogP contribution in [0.3, 0.4) is 0 Å². The Kier molecular flexibility index (Phi) is 5.89. The van der Waals surface area contributed by atoms with Gasteiger partial charge in [0.2, 0.25) is 5.91 Å². The predicted molar refractivity (Wildman–Crippen MR) is 115 cm³/mol. The summed E-state index contributed by atoms with van der Waals surface area (Å²) >= 11 is 0. The van der Waals surface area contributed by atoms with Crippen molar-refractivity contribution >= 4 is 18.0 Å². The lowest BCUT2D eigenvalue weighted by molar-refractivity contribution is -0.139. The molecule has 2 amide bonds. The third kappa shape index (κ3) is 4.61. The molecule has 0 radical (unpaired) electrons. The molecule has 0 spiro atoms. The molecular formula is C23H24N4O5. The van der Waals surface area contributed by atoms with E-state index < -0.39 is 23.8 Å². The maximum Gasteiger partial charge on any atom is 0.407 e. The van der Waals surface area contributed by atoms with Crippen molar-refractivity contribution in [2.24, 2.45) is 10.2 Å². The van der Waals surface area contributed by atoms with Crippen LogP contribution in [0.1, 0.15) is 36.8 Å². The monoisotopic (exact) mass is 436 g/mol. The Balaban J connectivity index is 1.36. The molecule has 2 aromatic rings. The van der Waals surface area contributed by atoms with E-state index in [1.165, 1.54) is 6.92 Å². The summed E-state index contributed by atoms with van der Waals surface area (Å²) in [4.78, 5) is 35.1. The molecule has 0 bridgehead atoms. The van der Waals surface area contributed by atoms with Crippen LogP contribution in [0.5, 0.6) is 0 Å². The van der Waals surface area contributed by atoms with E-state index in [0.29, 0.717) is 13.0 Å². The molecular weight excluding hydrogens is 412 g/mol. The van der Waals surface area contributed by atoms with Gasteiger partial charge in [0.25, 0.3) is 0 Å². The number of benzene rings is 2. The van der Waals surface area contributed by atoms with Crippen molar-refractivity contribution in [2.75, 3.05) is 13.2 Å². The first-order chi connectivity index (χ1) is 15.4. The van der Waals surface area contributed by atoms with E-state index in [1.807, 2.05) is 48.5 Å². The Morgan fingerprint density at radius 3 is 2.19 bits per heavy atom. The van der Waals surface area contributed by atoms with Gasteiger partial charge in [-0.05, 0) is 22.3 Å². The van der Waals surface area contributed by atoms with E-state index in [-0.39, 0.29) is 24.9 Å². The number of nitrogens with one attached hydrogen (secondary N) is 2. The van der Waals surface area contributed by atoms with Gasteiger partial charge >= 0.3 is 12.1 Å². The molecule has 32 heavy (non-hydrogen) atoms. The van der Waals surface area contributed by atoms with Crippen molar-refractivity contribution in [2.45, 2.75) is 37.4 Å². The number of carbonyl (C=O) groups is 3. The summed E-state index contributed by atoms with van der Waals surface area (Å²) < 4.78 is 5.44. The Morgan fingerprint density at radius 1 is 1.06 bits per heavy atom. The van der Waals surface area contributed by atoms with Gasteiger partial charge < -0.3 is 20.5 Å². The van der Waals surface area contributed by atoms with Crippen LogP contribution in [0, 0.1) is 0 Å². The van der Waals surface area contributed by atoms with Crippen LogP contribution in [-0.4, -0.2) is 47.9 Å². The van der Waals surface area contributed by atoms with Gasteiger partial charge in [0, 0.05) is 32.2 Å². The number of amides is 2. The summed E-state index contributed by atoms with van der Waals surface area (Å²) in [5, 5.41) is 22.5. The maximum absolute atomic E-state index is 12.4. The highest BCUT2D eigenvalue weighted by Crippen LogP contribution is 2.44. The SMILES string of the molecule is CC(=O)NCCC1(C[C@H](NC(=O)OCC2c3ccccc3-c3ccccc32)C(=O)O)N=N1. The second-order valence-corrected chi connectivity index (χ2v) is 7.98. The van der Waals surface area contributed by atoms with Crippen LogP contribution < -0.4 is 10.6 Å². The molecule has 2 aromatic carbocycles. The lowest BCUT2D eigenvalue weighted by atomic mass is 9.98. The quantitative estimate of drug-likeness (QED) is 0.556. The van der Waals surface area contributed by atoms with Crippen LogP contribution in [0.4, 0.5) is 4.79 Å². The highest BCUT2D eigenvalue weighted by atomic mass is 16.5. The summed E-state index contributed by atoms with van der Waals surface area (Å²) in [5.41, 5.74) is 3.46. The van der Waals surface area contributed by atoms with Crippen molar-refractivity contribution in [3.05, 3.63) is 59.7 Å². The van der Waals surface area contributed by atoms with Crippen molar-refractivity contribution in [3.8, 4) is 11.1 Å². The fourth-order valence-corrected chi connectivity index (χ4v) is 4.10. The average molecular weight is 436 g/mol. The summed E-state index contributed by atoms with van der Waals surface area (Å²) in [6.07, 6.45) is -0.452. The molecule has 9 nitrogen and oxygen atoms in total. The third-order valence-electron chi connectivity index (χ3n) is 5.75. The molecule has 4 rings (SSSR count). The number of hydrogen-bond donors (Lipinski definition) is 3. The summed E-state index contributed by atoms with van der Waals surface area (Å²) in [5.74, 6) is -1.50. The normalized spacial score (nSPS) is 15.9. The summed E-state index contributed by atoms with van der Waals surface area (Å²) in [6.45, 7) is 1.81. The zero-order chi connectivity index (χ0) is 22.7. The van der Waals surface area contributed by atoms with Crippen molar-refractivity contribution in [1.29, 1.82) is 0 Å². The van der Waals surface area contributed by atoms with Gasteiger partial charge in [-0.1, -0.05) is 48.5 Å². The van der Waals surface area contributed by atoms with Crippen LogP contribution in [0.15, 0.2) is 58.8 Å². The average Bonchev–Trinajstić information content (AvgIpc) is 3.45. The van der Waals surface area contributed by atoms with Crippen LogP contribution in [-0.2, 0) is 14.3 Å². The Bertz CT molecular complexity index is 1030. The van der Waals surface area contributed by atoms with Crippen LogP contribution in [0.2, 0.25) is 0 Å². The first kappa shape index (κ1) is 21.5. The van der Waals surface area contributed by atoms with E-state index in [2.05, 4.69) is 20.9 Å². The molecule has 3 N–H and O–H groups in total. The van der Waals surface area contributed by atoms with E-state index in [4.69, 9.17) is 4.74 Å². The lowest BCUT2D eigenvalue weighted by Gasteiger charge is -2.19. The highest BCUT2D eigenvalue weighted by molar-refractivity contribution is 5.81. The topological polar surface area (TPSA) is 129 Å². The Morgan fingerprint density at radius 2 is 1.66 bits per heavy atom. The van der Waals surface area contributed by atoms with Crippen LogP contribution in [0.25, 0.3) is 11.1 Å². The van der Waals surface area contributed by atoms with Crippen molar-refractivity contribution in [3.63, 3.8) is 0 Å². The molecule has 1 aliphatic carbocycles. The number of hydrogen-bond acceptors (Lipinski definition) is 6. The Hall–Kier alpha value is -3.75. The minimum Gasteiger partial charge on any atom is -0.480 e. The summed E-state index contributed by atoms with van der Waals surface area (Å²) in [7, 11) is 0. The predicted octanol–water partition coefficient (Wildman–Crippen LogP) is 3.06. The van der Waals surface area contributed by atoms with Gasteiger partial charge in [0.05, 0.1) is 0 Å². The molecule has 0 unspecified atom stereocenters. The van der Waals surface area contributed by atoms with Gasteiger partial charge in [-0.2, -0.15) is 10.2 Å². The zero-order valence-corrected chi connectivity index (χ0v) is 17.6. The van der Waals surface area contributed by atoms with Crippen LogP contribution >= 0.6 is 0 Å².